The van der Waals surface area contributed by atoms with Gasteiger partial charge in [-0.1, -0.05) is 20.8 Å². The van der Waals surface area contributed by atoms with Crippen LogP contribution in [0.4, 0.5) is 11.4 Å². The van der Waals surface area contributed by atoms with Gasteiger partial charge in [-0.15, -0.1) is 0 Å². The van der Waals surface area contributed by atoms with Gasteiger partial charge >= 0.3 is 0 Å². The molecule has 6 nitrogen and oxygen atoms in total. The summed E-state index contributed by atoms with van der Waals surface area (Å²) in [6, 6.07) is 5.78. The van der Waals surface area contributed by atoms with E-state index in [9.17, 15) is 20.2 Å². The van der Waals surface area contributed by atoms with E-state index in [2.05, 4.69) is 20.8 Å². The maximum Gasteiger partial charge on any atom is 0.275 e. The van der Waals surface area contributed by atoms with Gasteiger partial charge in [-0.3, -0.25) is 20.2 Å². The molecule has 148 valence electrons. The normalized spacial score (nSPS) is 20.1. The van der Waals surface area contributed by atoms with Crippen molar-refractivity contribution in [1.82, 2.24) is 0 Å². The van der Waals surface area contributed by atoms with Gasteiger partial charge in [0, 0.05) is 27.7 Å². The van der Waals surface area contributed by atoms with Crippen LogP contribution in [0.5, 0.6) is 0 Å². The molecule has 0 unspecified atom stereocenters. The molecular formula is C22H26N2O4. The summed E-state index contributed by atoms with van der Waals surface area (Å²) in [5, 5.41) is 23.0. The lowest BCUT2D eigenvalue weighted by atomic mass is 9.63. The SMILES string of the molecule is Cc1cc([C@@]2(C)Cc3c(cc(C)c([N+](=O)[O-])c3C)C2(C)C)cc(C)c1[N+](=O)[O-]. The summed E-state index contributed by atoms with van der Waals surface area (Å²) in [5.41, 5.74) is 5.63. The van der Waals surface area contributed by atoms with E-state index in [1.54, 1.807) is 20.8 Å². The third-order valence-corrected chi connectivity index (χ3v) is 6.94. The molecule has 0 aliphatic heterocycles. The minimum Gasteiger partial charge on any atom is -0.258 e. The van der Waals surface area contributed by atoms with Crippen molar-refractivity contribution >= 4 is 11.4 Å². The third kappa shape index (κ3) is 2.54. The van der Waals surface area contributed by atoms with Crippen molar-refractivity contribution in [1.29, 1.82) is 0 Å². The van der Waals surface area contributed by atoms with Crippen LogP contribution in [-0.4, -0.2) is 9.85 Å². The Labute approximate surface area is 164 Å². The summed E-state index contributed by atoms with van der Waals surface area (Å²) in [4.78, 5) is 22.3. The molecule has 2 aromatic carbocycles. The maximum absolute atomic E-state index is 11.6. The first-order chi connectivity index (χ1) is 12.8. The third-order valence-electron chi connectivity index (χ3n) is 6.94. The summed E-state index contributed by atoms with van der Waals surface area (Å²) in [5.74, 6) is 0. The highest BCUT2D eigenvalue weighted by atomic mass is 16.6. The summed E-state index contributed by atoms with van der Waals surface area (Å²) in [6.07, 6.45) is 0.666. The van der Waals surface area contributed by atoms with Crippen molar-refractivity contribution < 1.29 is 9.85 Å². The van der Waals surface area contributed by atoms with Crippen molar-refractivity contribution in [3.05, 3.63) is 77.4 Å². The van der Waals surface area contributed by atoms with E-state index < -0.39 is 0 Å². The molecule has 0 saturated heterocycles. The molecule has 0 bridgehead atoms. The summed E-state index contributed by atoms with van der Waals surface area (Å²) in [6.45, 7) is 13.6. The quantitative estimate of drug-likeness (QED) is 0.516. The van der Waals surface area contributed by atoms with Crippen LogP contribution in [0, 0.1) is 47.9 Å². The molecule has 0 aromatic heterocycles. The van der Waals surface area contributed by atoms with Gasteiger partial charge in [-0.2, -0.15) is 0 Å². The molecule has 6 heteroatoms. The van der Waals surface area contributed by atoms with Gasteiger partial charge in [-0.05, 0) is 74.4 Å². The number of aryl methyl sites for hydroxylation is 3. The first-order valence-corrected chi connectivity index (χ1v) is 9.37. The van der Waals surface area contributed by atoms with Crippen LogP contribution in [-0.2, 0) is 17.3 Å². The van der Waals surface area contributed by atoms with Gasteiger partial charge in [0.05, 0.1) is 9.85 Å². The Kier molecular flexibility index (Phi) is 4.37. The fourth-order valence-corrected chi connectivity index (χ4v) is 4.98. The topological polar surface area (TPSA) is 86.3 Å². The van der Waals surface area contributed by atoms with Gasteiger partial charge < -0.3 is 0 Å². The number of nitro benzene ring substituents is 2. The van der Waals surface area contributed by atoms with Crippen LogP contribution in [0.3, 0.4) is 0 Å². The lowest BCUT2D eigenvalue weighted by Crippen LogP contribution is -2.39. The Morgan fingerprint density at radius 3 is 1.75 bits per heavy atom. The zero-order valence-corrected chi connectivity index (χ0v) is 17.5. The van der Waals surface area contributed by atoms with Crippen molar-refractivity contribution in [2.45, 2.75) is 65.7 Å². The minimum absolute atomic E-state index is 0.156. The average molecular weight is 382 g/mol. The van der Waals surface area contributed by atoms with E-state index in [4.69, 9.17) is 0 Å². The Hall–Kier alpha value is -2.76. The number of hydrogen-bond acceptors (Lipinski definition) is 4. The van der Waals surface area contributed by atoms with Crippen LogP contribution in [0.25, 0.3) is 0 Å². The van der Waals surface area contributed by atoms with Crippen LogP contribution >= 0.6 is 0 Å². The predicted octanol–water partition coefficient (Wildman–Crippen LogP) is 5.53. The molecule has 0 fully saturated rings. The number of benzene rings is 2. The number of hydrogen-bond donors (Lipinski definition) is 0. The number of fused-ring (bicyclic) bond motifs is 1. The lowest BCUT2D eigenvalue weighted by molar-refractivity contribution is -0.386. The Balaban J connectivity index is 2.25. The highest BCUT2D eigenvalue weighted by Crippen LogP contribution is 2.55. The first-order valence-electron chi connectivity index (χ1n) is 9.37. The Bertz CT molecular complexity index is 1020. The molecule has 2 aromatic rings. The fourth-order valence-electron chi connectivity index (χ4n) is 4.98. The molecular weight excluding hydrogens is 356 g/mol. The molecule has 0 N–H and O–H groups in total. The standard InChI is InChI=1S/C22H26N2O4/c1-12-8-16(9-13(2)19(12)23(25)26)22(7)11-17-15(4)20(24(27)28)14(3)10-18(17)21(22,5)6/h8-10H,11H2,1-7H3/t22-/m1/s1. The molecule has 0 spiro atoms. The number of rotatable bonds is 3. The van der Waals surface area contributed by atoms with E-state index in [1.165, 1.54) is 0 Å². The average Bonchev–Trinajstić information content (AvgIpc) is 2.75. The molecule has 3 rings (SSSR count). The molecule has 1 aliphatic rings. The molecule has 0 saturated carbocycles. The van der Waals surface area contributed by atoms with Crippen LogP contribution < -0.4 is 0 Å². The minimum atomic E-state index is -0.331. The fraction of sp³-hybridized carbons (Fsp3) is 0.455. The molecule has 1 aliphatic carbocycles. The van der Waals surface area contributed by atoms with Gasteiger partial charge in [0.15, 0.2) is 0 Å². The van der Waals surface area contributed by atoms with Crippen molar-refractivity contribution in [3.63, 3.8) is 0 Å². The zero-order valence-electron chi connectivity index (χ0n) is 17.5. The second-order valence-electron chi connectivity index (χ2n) is 8.80. The van der Waals surface area contributed by atoms with Gasteiger partial charge in [-0.25, -0.2) is 0 Å². The van der Waals surface area contributed by atoms with E-state index in [-0.39, 0.29) is 32.1 Å². The lowest BCUT2D eigenvalue weighted by Gasteiger charge is -2.40. The van der Waals surface area contributed by atoms with Crippen molar-refractivity contribution in [2.24, 2.45) is 0 Å². The Morgan fingerprint density at radius 1 is 0.821 bits per heavy atom. The van der Waals surface area contributed by atoms with Gasteiger partial charge in [0.1, 0.15) is 0 Å². The molecule has 0 radical (unpaired) electrons. The zero-order chi connectivity index (χ0) is 21.2. The predicted molar refractivity (Wildman–Crippen MR) is 109 cm³/mol. The second kappa shape index (κ2) is 6.12. The monoisotopic (exact) mass is 382 g/mol. The smallest absolute Gasteiger partial charge is 0.258 e. The highest BCUT2D eigenvalue weighted by molar-refractivity contribution is 5.62. The Morgan fingerprint density at radius 2 is 1.29 bits per heavy atom. The molecule has 0 amide bonds. The van der Waals surface area contributed by atoms with Crippen LogP contribution in [0.1, 0.15) is 59.7 Å². The van der Waals surface area contributed by atoms with E-state index >= 15 is 0 Å². The largest absolute Gasteiger partial charge is 0.275 e. The van der Waals surface area contributed by atoms with Crippen molar-refractivity contribution in [3.8, 4) is 0 Å². The van der Waals surface area contributed by atoms with Gasteiger partial charge in [0.2, 0.25) is 0 Å². The van der Waals surface area contributed by atoms with E-state index in [1.807, 2.05) is 25.1 Å². The first kappa shape index (κ1) is 20.0. The summed E-state index contributed by atoms with van der Waals surface area (Å²) < 4.78 is 0. The van der Waals surface area contributed by atoms with Crippen LogP contribution in [0.2, 0.25) is 0 Å². The summed E-state index contributed by atoms with van der Waals surface area (Å²) in [7, 11) is 0. The van der Waals surface area contributed by atoms with E-state index in [0.29, 0.717) is 23.1 Å². The summed E-state index contributed by atoms with van der Waals surface area (Å²) >= 11 is 0. The number of nitrogens with zero attached hydrogens (tertiary/aromatic N) is 2. The number of nitro groups is 2. The second-order valence-corrected chi connectivity index (χ2v) is 8.80. The van der Waals surface area contributed by atoms with Crippen molar-refractivity contribution in [2.75, 3.05) is 0 Å². The molecule has 1 atom stereocenters. The van der Waals surface area contributed by atoms with E-state index in [0.717, 1.165) is 22.3 Å². The molecule has 0 heterocycles. The highest BCUT2D eigenvalue weighted by Gasteiger charge is 2.51. The van der Waals surface area contributed by atoms with Gasteiger partial charge in [0.25, 0.3) is 11.4 Å². The van der Waals surface area contributed by atoms with Crippen LogP contribution in [0.15, 0.2) is 18.2 Å². The molecule has 28 heavy (non-hydrogen) atoms. The maximum atomic E-state index is 11.6.